The van der Waals surface area contributed by atoms with Crippen LogP contribution in [-0.2, 0) is 28.4 Å². The molecule has 0 aliphatic carbocycles. The highest BCUT2D eigenvalue weighted by Crippen LogP contribution is 2.41. The van der Waals surface area contributed by atoms with Gasteiger partial charge in [0.05, 0.1) is 45.1 Å². The zero-order valence-electron chi connectivity index (χ0n) is 34.0. The summed E-state index contributed by atoms with van der Waals surface area (Å²) in [5.41, 5.74) is -2.48. The van der Waals surface area contributed by atoms with Gasteiger partial charge in [-0.15, -0.1) is 0 Å². The fourth-order valence-corrected chi connectivity index (χ4v) is 7.81. The number of unbranched alkanes of at least 4 members (excludes halogenated alkanes) is 30. The smallest absolute Gasteiger partial charge is 0.295 e. The lowest BCUT2D eigenvalue weighted by molar-refractivity contribution is -0.416. The summed E-state index contributed by atoms with van der Waals surface area (Å²) in [6, 6.07) is 0. The molecule has 6 nitrogen and oxygen atoms in total. The van der Waals surface area contributed by atoms with Crippen LogP contribution in [0.5, 0.6) is 0 Å². The summed E-state index contributed by atoms with van der Waals surface area (Å²) >= 11 is 0. The molecule has 2 aliphatic rings. The lowest BCUT2D eigenvalue weighted by Crippen LogP contribution is -2.57. The van der Waals surface area contributed by atoms with Gasteiger partial charge in [0.1, 0.15) is 0 Å². The second-order valence-electron chi connectivity index (χ2n) is 16.2. The topological polar surface area (TPSA) is 55.4 Å². The molecule has 0 aromatic carbocycles. The van der Waals surface area contributed by atoms with Crippen LogP contribution in [0.4, 0.5) is 0 Å². The fraction of sp³-hybridized carbons (Fsp3) is 1.00. The molecule has 2 saturated heterocycles. The summed E-state index contributed by atoms with van der Waals surface area (Å²) in [5.74, 6) is 0. The van der Waals surface area contributed by atoms with E-state index in [0.29, 0.717) is 39.6 Å². The Morgan fingerprint density at radius 1 is 0.333 bits per heavy atom. The van der Waals surface area contributed by atoms with Crippen molar-refractivity contribution in [2.24, 2.45) is 5.41 Å². The molecule has 1 spiro atoms. The van der Waals surface area contributed by atoms with Gasteiger partial charge in [-0.2, -0.15) is 0 Å². The van der Waals surface area contributed by atoms with Gasteiger partial charge in [-0.25, -0.2) is 0 Å². The number of rotatable bonds is 36. The van der Waals surface area contributed by atoms with Gasteiger partial charge in [0, 0.05) is 0 Å². The van der Waals surface area contributed by atoms with E-state index >= 15 is 0 Å². The van der Waals surface area contributed by atoms with Crippen molar-refractivity contribution < 1.29 is 28.4 Å². The van der Waals surface area contributed by atoms with Gasteiger partial charge in [0.2, 0.25) is 0 Å². The fourth-order valence-electron chi connectivity index (χ4n) is 7.24. The summed E-state index contributed by atoms with van der Waals surface area (Å²) in [5, 5.41) is 0. The molecule has 2 heterocycles. The van der Waals surface area contributed by atoms with Crippen LogP contribution in [0.2, 0.25) is 0 Å². The molecule has 0 saturated carbocycles. The minimum Gasteiger partial charge on any atom is -0.324 e. The van der Waals surface area contributed by atoms with Crippen molar-refractivity contribution in [2.75, 3.05) is 39.6 Å². The molecule has 2 atom stereocenters. The highest BCUT2D eigenvalue weighted by atomic mass is 31.0. The molecule has 2 unspecified atom stereocenters. The van der Waals surface area contributed by atoms with Gasteiger partial charge in [0.15, 0.2) is 0 Å². The predicted octanol–water partition coefficient (Wildman–Crippen LogP) is 13.6. The molecule has 51 heavy (non-hydrogen) atoms. The van der Waals surface area contributed by atoms with Gasteiger partial charge in [-0.1, -0.05) is 206 Å². The standard InChI is InChI=1S/C43H86O6P2/c1-3-5-7-9-11-13-15-17-19-21-23-25-27-29-31-33-35-44-42(50)46-37-41(38-47-42)39-48-43(51,49-40-41)45-36-34-32-30-28-26-24-22-20-18-16-14-12-10-8-6-4-2/h3-40,50-51H2,1-2H3. The van der Waals surface area contributed by atoms with Gasteiger partial charge >= 0.3 is 0 Å². The normalized spacial score (nSPS) is 23.8. The minimum absolute atomic E-state index is 0.338. The third kappa shape index (κ3) is 25.4. The lowest BCUT2D eigenvalue weighted by atomic mass is 9.91. The molecule has 0 N–H and O–H groups in total. The Kier molecular flexibility index (Phi) is 29.8. The van der Waals surface area contributed by atoms with E-state index in [1.807, 2.05) is 0 Å². The van der Waals surface area contributed by atoms with Crippen molar-refractivity contribution in [3.8, 4) is 0 Å². The molecule has 0 bridgehead atoms. The second kappa shape index (κ2) is 31.8. The second-order valence-corrected chi connectivity index (χ2v) is 17.6. The van der Waals surface area contributed by atoms with Gasteiger partial charge in [-0.05, 0) is 31.3 Å². The third-order valence-electron chi connectivity index (χ3n) is 10.9. The van der Waals surface area contributed by atoms with E-state index in [1.165, 1.54) is 193 Å². The van der Waals surface area contributed by atoms with Crippen LogP contribution in [0.25, 0.3) is 0 Å². The maximum Gasteiger partial charge on any atom is 0.295 e. The van der Waals surface area contributed by atoms with Crippen molar-refractivity contribution in [3.63, 3.8) is 0 Å². The molecule has 2 aliphatic heterocycles. The quantitative estimate of drug-likeness (QED) is 0.0468. The van der Waals surface area contributed by atoms with Gasteiger partial charge in [-0.3, -0.25) is 0 Å². The SMILES string of the molecule is CCCCCCCCCCCCCCCCCCOC1(P)OCC2(CO1)COC(P)(OCCCCCCCCCCCCCCCCCC)OC2. The van der Waals surface area contributed by atoms with E-state index in [1.54, 1.807) is 0 Å². The van der Waals surface area contributed by atoms with E-state index in [2.05, 4.69) is 32.3 Å². The molecule has 2 rings (SSSR count). The predicted molar refractivity (Wildman–Crippen MR) is 222 cm³/mol. The molecule has 0 amide bonds. The lowest BCUT2D eigenvalue weighted by Gasteiger charge is -2.48. The van der Waals surface area contributed by atoms with Gasteiger partial charge < -0.3 is 28.4 Å². The van der Waals surface area contributed by atoms with Crippen molar-refractivity contribution >= 4 is 18.5 Å². The van der Waals surface area contributed by atoms with E-state index in [-0.39, 0.29) is 5.41 Å². The molecule has 8 heteroatoms. The number of ether oxygens (including phenoxy) is 6. The third-order valence-corrected chi connectivity index (χ3v) is 11.9. The first-order chi connectivity index (χ1) is 24.9. The van der Waals surface area contributed by atoms with Crippen molar-refractivity contribution in [3.05, 3.63) is 0 Å². The van der Waals surface area contributed by atoms with Crippen LogP contribution >= 0.6 is 18.5 Å². The van der Waals surface area contributed by atoms with Crippen molar-refractivity contribution in [1.82, 2.24) is 0 Å². The Balaban J connectivity index is 1.35. The van der Waals surface area contributed by atoms with E-state index in [9.17, 15) is 0 Å². The first-order valence-electron chi connectivity index (χ1n) is 22.4. The molecule has 2 fully saturated rings. The first kappa shape index (κ1) is 47.8. The maximum atomic E-state index is 6.06. The Hall–Kier alpha value is 0.620. The Bertz CT molecular complexity index is 689. The molecular weight excluding hydrogens is 674 g/mol. The van der Waals surface area contributed by atoms with Crippen LogP contribution in [0.1, 0.15) is 219 Å². The Morgan fingerprint density at radius 3 is 0.745 bits per heavy atom. The summed E-state index contributed by atoms with van der Waals surface area (Å²) in [6.07, 6.45) is 43.6. The Labute approximate surface area is 321 Å². The molecular formula is C43H86O6P2. The van der Waals surface area contributed by atoms with Crippen LogP contribution < -0.4 is 0 Å². The average Bonchev–Trinajstić information content (AvgIpc) is 3.14. The summed E-state index contributed by atoms with van der Waals surface area (Å²) < 4.78 is 36.3. The van der Waals surface area contributed by atoms with Crippen LogP contribution in [0, 0.1) is 5.41 Å². The Morgan fingerprint density at radius 2 is 0.529 bits per heavy atom. The largest absolute Gasteiger partial charge is 0.324 e. The summed E-state index contributed by atoms with van der Waals surface area (Å²) in [7, 11) is 5.23. The van der Waals surface area contributed by atoms with E-state index in [0.717, 1.165) is 12.8 Å². The summed E-state index contributed by atoms with van der Waals surface area (Å²) in [6.45, 7) is 7.74. The summed E-state index contributed by atoms with van der Waals surface area (Å²) in [4.78, 5) is 0. The van der Waals surface area contributed by atoms with Crippen molar-refractivity contribution in [1.29, 1.82) is 0 Å². The highest BCUT2D eigenvalue weighted by molar-refractivity contribution is 7.18. The zero-order valence-corrected chi connectivity index (χ0v) is 36.3. The highest BCUT2D eigenvalue weighted by Gasteiger charge is 2.49. The molecule has 0 aromatic heterocycles. The maximum absolute atomic E-state index is 6.06. The van der Waals surface area contributed by atoms with Gasteiger partial charge in [0.25, 0.3) is 11.4 Å². The number of hydrogen-bond donors (Lipinski definition) is 0. The molecule has 0 aromatic rings. The first-order valence-corrected chi connectivity index (χ1v) is 23.5. The number of hydrogen-bond acceptors (Lipinski definition) is 6. The monoisotopic (exact) mass is 761 g/mol. The van der Waals surface area contributed by atoms with Crippen LogP contribution in [-0.4, -0.2) is 51.1 Å². The zero-order chi connectivity index (χ0) is 36.6. The van der Waals surface area contributed by atoms with E-state index < -0.39 is 11.4 Å². The molecule has 0 radical (unpaired) electrons. The van der Waals surface area contributed by atoms with Crippen LogP contribution in [0.3, 0.4) is 0 Å². The van der Waals surface area contributed by atoms with E-state index in [4.69, 9.17) is 28.4 Å². The average molecular weight is 761 g/mol. The van der Waals surface area contributed by atoms with Crippen LogP contribution in [0.15, 0.2) is 0 Å². The van der Waals surface area contributed by atoms with Crippen molar-refractivity contribution in [2.45, 2.75) is 231 Å². The molecule has 304 valence electrons. The minimum atomic E-state index is -1.07.